The van der Waals surface area contributed by atoms with Gasteiger partial charge in [-0.3, -0.25) is 9.69 Å². The summed E-state index contributed by atoms with van der Waals surface area (Å²) in [6, 6.07) is 0.0680. The molecule has 0 bridgehead atoms. The van der Waals surface area contributed by atoms with Crippen LogP contribution in [0.25, 0.3) is 0 Å². The van der Waals surface area contributed by atoms with E-state index in [1.165, 1.54) is 6.42 Å². The molecule has 94 valence electrons. The van der Waals surface area contributed by atoms with Crippen LogP contribution in [0, 0.1) is 5.92 Å². The molecule has 4 nitrogen and oxygen atoms in total. The number of nitrogens with zero attached hydrogens (tertiary/aromatic N) is 1. The molecular formula is C12H23NO3. The number of rotatable bonds is 6. The van der Waals surface area contributed by atoms with Crippen LogP contribution in [-0.4, -0.2) is 48.3 Å². The minimum Gasteiger partial charge on any atom is -0.481 e. The molecule has 0 amide bonds. The highest BCUT2D eigenvalue weighted by molar-refractivity contribution is 5.67. The number of hydrogen-bond acceptors (Lipinski definition) is 3. The second-order valence-corrected chi connectivity index (χ2v) is 4.90. The van der Waals surface area contributed by atoms with E-state index >= 15 is 0 Å². The first-order chi connectivity index (χ1) is 7.59. The van der Waals surface area contributed by atoms with Gasteiger partial charge in [-0.05, 0) is 25.3 Å². The number of aliphatic carboxylic acids is 1. The van der Waals surface area contributed by atoms with Gasteiger partial charge in [0.05, 0.1) is 19.6 Å². The maximum Gasteiger partial charge on any atom is 0.305 e. The van der Waals surface area contributed by atoms with Gasteiger partial charge >= 0.3 is 5.97 Å². The molecule has 1 aliphatic heterocycles. The summed E-state index contributed by atoms with van der Waals surface area (Å²) in [4.78, 5) is 13.0. The number of carboxylic acids is 1. The Kier molecular flexibility index (Phi) is 5.77. The number of carbonyl (C=O) groups is 1. The lowest BCUT2D eigenvalue weighted by molar-refractivity contribution is -0.140. The summed E-state index contributed by atoms with van der Waals surface area (Å²) in [6.07, 6.45) is 2.55. The van der Waals surface area contributed by atoms with Crippen molar-refractivity contribution >= 4 is 5.97 Å². The lowest BCUT2D eigenvalue weighted by atomic mass is 10.1. The van der Waals surface area contributed by atoms with Crippen molar-refractivity contribution in [2.45, 2.75) is 39.2 Å². The van der Waals surface area contributed by atoms with E-state index in [1.807, 2.05) is 0 Å². The summed E-state index contributed by atoms with van der Waals surface area (Å²) < 4.78 is 5.34. The van der Waals surface area contributed by atoms with E-state index in [9.17, 15) is 4.79 Å². The van der Waals surface area contributed by atoms with E-state index in [1.54, 1.807) is 0 Å². The van der Waals surface area contributed by atoms with E-state index in [4.69, 9.17) is 9.84 Å². The quantitative estimate of drug-likeness (QED) is 0.751. The average Bonchev–Trinajstić information content (AvgIpc) is 2.19. The smallest absolute Gasteiger partial charge is 0.305 e. The van der Waals surface area contributed by atoms with E-state index in [0.29, 0.717) is 6.61 Å². The molecule has 0 aromatic heterocycles. The van der Waals surface area contributed by atoms with Crippen molar-refractivity contribution < 1.29 is 14.6 Å². The number of morpholine rings is 1. The normalized spacial score (nSPS) is 22.6. The molecule has 1 N–H and O–H groups in total. The second-order valence-electron chi connectivity index (χ2n) is 4.90. The molecule has 1 rings (SSSR count). The highest BCUT2D eigenvalue weighted by Gasteiger charge is 2.24. The molecule has 1 atom stereocenters. The van der Waals surface area contributed by atoms with Crippen LogP contribution < -0.4 is 0 Å². The summed E-state index contributed by atoms with van der Waals surface area (Å²) in [5, 5.41) is 8.81. The Labute approximate surface area is 97.6 Å². The van der Waals surface area contributed by atoms with Crippen LogP contribution in [-0.2, 0) is 9.53 Å². The van der Waals surface area contributed by atoms with Gasteiger partial charge in [-0.1, -0.05) is 13.8 Å². The minimum absolute atomic E-state index is 0.0680. The molecule has 1 aliphatic rings. The van der Waals surface area contributed by atoms with Crippen molar-refractivity contribution in [3.8, 4) is 0 Å². The third kappa shape index (κ3) is 4.94. The molecule has 16 heavy (non-hydrogen) atoms. The zero-order chi connectivity index (χ0) is 12.0. The largest absolute Gasteiger partial charge is 0.481 e. The lowest BCUT2D eigenvalue weighted by Crippen LogP contribution is -2.46. The van der Waals surface area contributed by atoms with Gasteiger partial charge in [0.15, 0.2) is 0 Å². The molecule has 1 heterocycles. The Balaban J connectivity index is 2.31. The van der Waals surface area contributed by atoms with E-state index in [2.05, 4.69) is 18.7 Å². The fourth-order valence-electron chi connectivity index (χ4n) is 2.08. The molecule has 1 unspecified atom stereocenters. The first-order valence-corrected chi connectivity index (χ1v) is 6.13. The SMILES string of the molecule is CC(C)CCCN1CCOCC1CC(=O)O. The van der Waals surface area contributed by atoms with Crippen molar-refractivity contribution in [3.05, 3.63) is 0 Å². The molecule has 0 aliphatic carbocycles. The Hall–Kier alpha value is -0.610. The van der Waals surface area contributed by atoms with E-state index < -0.39 is 5.97 Å². The molecule has 1 saturated heterocycles. The number of carboxylic acid groups (broad SMARTS) is 1. The molecular weight excluding hydrogens is 206 g/mol. The van der Waals surface area contributed by atoms with Gasteiger partial charge < -0.3 is 9.84 Å². The van der Waals surface area contributed by atoms with Gasteiger partial charge in [0, 0.05) is 12.6 Å². The fourth-order valence-corrected chi connectivity index (χ4v) is 2.08. The molecule has 4 heteroatoms. The van der Waals surface area contributed by atoms with Gasteiger partial charge in [0.1, 0.15) is 0 Å². The van der Waals surface area contributed by atoms with Crippen molar-refractivity contribution in [2.75, 3.05) is 26.3 Å². The standard InChI is InChI=1S/C12H23NO3/c1-10(2)4-3-5-13-6-7-16-9-11(13)8-12(14)15/h10-11H,3-9H2,1-2H3,(H,14,15). The Morgan fingerprint density at radius 1 is 1.56 bits per heavy atom. The van der Waals surface area contributed by atoms with E-state index in [0.717, 1.165) is 32.0 Å². The predicted octanol–water partition coefficient (Wildman–Crippen LogP) is 1.60. The fraction of sp³-hybridized carbons (Fsp3) is 0.917. The summed E-state index contributed by atoms with van der Waals surface area (Å²) in [6.45, 7) is 7.60. The number of hydrogen-bond donors (Lipinski definition) is 1. The summed E-state index contributed by atoms with van der Waals surface area (Å²) in [5.74, 6) is -0.0108. The van der Waals surface area contributed by atoms with Crippen LogP contribution >= 0.6 is 0 Å². The van der Waals surface area contributed by atoms with Crippen molar-refractivity contribution in [3.63, 3.8) is 0 Å². The maximum atomic E-state index is 10.7. The average molecular weight is 229 g/mol. The van der Waals surface area contributed by atoms with Crippen LogP contribution in [0.3, 0.4) is 0 Å². The first-order valence-electron chi connectivity index (χ1n) is 6.13. The predicted molar refractivity (Wildman–Crippen MR) is 62.5 cm³/mol. The molecule has 0 spiro atoms. The Bertz CT molecular complexity index is 218. The van der Waals surface area contributed by atoms with Crippen molar-refractivity contribution in [1.82, 2.24) is 4.90 Å². The Morgan fingerprint density at radius 2 is 2.31 bits per heavy atom. The zero-order valence-electron chi connectivity index (χ0n) is 10.3. The van der Waals surface area contributed by atoms with Crippen molar-refractivity contribution in [2.24, 2.45) is 5.92 Å². The highest BCUT2D eigenvalue weighted by Crippen LogP contribution is 2.13. The highest BCUT2D eigenvalue weighted by atomic mass is 16.5. The van der Waals surface area contributed by atoms with Crippen LogP contribution in [0.2, 0.25) is 0 Å². The van der Waals surface area contributed by atoms with Crippen LogP contribution in [0.5, 0.6) is 0 Å². The Morgan fingerprint density at radius 3 is 2.94 bits per heavy atom. The summed E-state index contributed by atoms with van der Waals surface area (Å²) in [5.41, 5.74) is 0. The molecule has 1 fully saturated rings. The monoisotopic (exact) mass is 229 g/mol. The summed E-state index contributed by atoms with van der Waals surface area (Å²) >= 11 is 0. The number of ether oxygens (including phenoxy) is 1. The topological polar surface area (TPSA) is 49.8 Å². The van der Waals surface area contributed by atoms with Gasteiger partial charge in [-0.2, -0.15) is 0 Å². The second kappa shape index (κ2) is 6.86. The van der Waals surface area contributed by atoms with Crippen molar-refractivity contribution in [1.29, 1.82) is 0 Å². The molecule has 0 saturated carbocycles. The van der Waals surface area contributed by atoms with Crippen LogP contribution in [0.15, 0.2) is 0 Å². The third-order valence-electron chi connectivity index (χ3n) is 2.99. The van der Waals surface area contributed by atoms with Gasteiger partial charge in [0.25, 0.3) is 0 Å². The zero-order valence-corrected chi connectivity index (χ0v) is 10.3. The van der Waals surface area contributed by atoms with Gasteiger partial charge in [0.2, 0.25) is 0 Å². The summed E-state index contributed by atoms with van der Waals surface area (Å²) in [7, 11) is 0. The van der Waals surface area contributed by atoms with Gasteiger partial charge in [-0.25, -0.2) is 0 Å². The minimum atomic E-state index is -0.732. The van der Waals surface area contributed by atoms with Crippen LogP contribution in [0.1, 0.15) is 33.1 Å². The molecule has 0 aromatic rings. The lowest BCUT2D eigenvalue weighted by Gasteiger charge is -2.34. The van der Waals surface area contributed by atoms with Gasteiger partial charge in [-0.15, -0.1) is 0 Å². The van der Waals surface area contributed by atoms with E-state index in [-0.39, 0.29) is 12.5 Å². The maximum absolute atomic E-state index is 10.7. The van der Waals surface area contributed by atoms with Crippen LogP contribution in [0.4, 0.5) is 0 Å². The molecule has 0 radical (unpaired) electrons. The first kappa shape index (κ1) is 13.5. The molecule has 0 aromatic carbocycles. The third-order valence-corrected chi connectivity index (χ3v) is 2.99.